The Hall–Kier alpha value is -3.03. The number of halogens is 1. The highest BCUT2D eigenvalue weighted by atomic mass is 31.2. The van der Waals surface area contributed by atoms with Crippen molar-refractivity contribution >= 4 is 24.5 Å². The maximum Gasteiger partial charge on any atom is 0.356 e. The number of hydrogen-bond donors (Lipinski definition) is 2. The van der Waals surface area contributed by atoms with Crippen LogP contribution in [0.5, 0.6) is 5.75 Å². The summed E-state index contributed by atoms with van der Waals surface area (Å²) < 4.78 is 31.3. The number of hydrogen-bond acceptors (Lipinski definition) is 4. The molecule has 1 amide bonds. The first-order valence-corrected chi connectivity index (χ1v) is 16.0. The van der Waals surface area contributed by atoms with E-state index in [1.807, 2.05) is 19.1 Å². The number of amides is 1. The van der Waals surface area contributed by atoms with Crippen LogP contribution in [-0.2, 0) is 15.9 Å². The zero-order valence-corrected chi connectivity index (χ0v) is 24.2. The van der Waals surface area contributed by atoms with Crippen molar-refractivity contribution in [1.29, 1.82) is 0 Å². The summed E-state index contributed by atoms with van der Waals surface area (Å²) in [5, 5.41) is -0.0436. The average Bonchev–Trinajstić information content (AvgIpc) is 3.74. The molecule has 1 aliphatic carbocycles. The molecule has 0 unspecified atom stereocenters. The second-order valence-corrected chi connectivity index (χ2v) is 13.4. The van der Waals surface area contributed by atoms with E-state index in [-0.39, 0.29) is 22.4 Å². The van der Waals surface area contributed by atoms with E-state index in [2.05, 4.69) is 17.0 Å². The van der Waals surface area contributed by atoms with Crippen molar-refractivity contribution in [3.05, 3.63) is 77.6 Å². The van der Waals surface area contributed by atoms with Gasteiger partial charge in [-0.1, -0.05) is 12.1 Å². The molecule has 3 fully saturated rings. The number of carbonyl (C=O) groups is 1. The Labute approximate surface area is 240 Å². The van der Waals surface area contributed by atoms with Crippen LogP contribution in [0.4, 0.5) is 10.1 Å². The predicted octanol–water partition coefficient (Wildman–Crippen LogP) is 5.59. The summed E-state index contributed by atoms with van der Waals surface area (Å²) >= 11 is 0. The van der Waals surface area contributed by atoms with Crippen molar-refractivity contribution in [2.24, 2.45) is 5.41 Å². The molecule has 41 heavy (non-hydrogen) atoms. The van der Waals surface area contributed by atoms with E-state index in [0.29, 0.717) is 31.2 Å². The van der Waals surface area contributed by atoms with Crippen molar-refractivity contribution < 1.29 is 28.3 Å². The molecule has 3 aromatic carbocycles. The van der Waals surface area contributed by atoms with Gasteiger partial charge in [-0.15, -0.1) is 0 Å². The molecule has 2 saturated heterocycles. The summed E-state index contributed by atoms with van der Waals surface area (Å²) in [4.78, 5) is 36.0. The van der Waals surface area contributed by atoms with Crippen LogP contribution in [0.2, 0.25) is 0 Å². The second-order valence-electron chi connectivity index (χ2n) is 11.8. The van der Waals surface area contributed by atoms with Crippen molar-refractivity contribution in [2.75, 3.05) is 31.1 Å². The van der Waals surface area contributed by atoms with Gasteiger partial charge in [0.15, 0.2) is 0 Å². The smallest absolute Gasteiger partial charge is 0.356 e. The first-order chi connectivity index (χ1) is 19.6. The Bertz CT molecular complexity index is 1480. The van der Waals surface area contributed by atoms with Gasteiger partial charge in [-0.05, 0) is 122 Å². The van der Waals surface area contributed by atoms with Gasteiger partial charge in [-0.3, -0.25) is 14.3 Å². The van der Waals surface area contributed by atoms with Crippen LogP contribution in [0.15, 0.2) is 60.7 Å². The minimum absolute atomic E-state index is 0.0436. The van der Waals surface area contributed by atoms with Crippen LogP contribution in [0.25, 0.3) is 11.1 Å². The Morgan fingerprint density at radius 3 is 2.32 bits per heavy atom. The third kappa shape index (κ3) is 5.98. The van der Waals surface area contributed by atoms with Gasteiger partial charge >= 0.3 is 7.60 Å². The molecule has 0 bridgehead atoms. The molecule has 3 aliphatic rings. The molecule has 6 rings (SSSR count). The zero-order valence-electron chi connectivity index (χ0n) is 23.3. The maximum absolute atomic E-state index is 13.6. The van der Waals surface area contributed by atoms with Crippen LogP contribution < -0.4 is 14.9 Å². The number of ether oxygens (including phenoxy) is 1. The lowest BCUT2D eigenvalue weighted by Gasteiger charge is -2.39. The van der Waals surface area contributed by atoms with Gasteiger partial charge in [-0.2, -0.15) is 0 Å². The first kappa shape index (κ1) is 28.1. The molecule has 0 radical (unpaired) electrons. The highest BCUT2D eigenvalue weighted by Gasteiger charge is 2.45. The fourth-order valence-corrected chi connectivity index (χ4v) is 6.93. The van der Waals surface area contributed by atoms with Crippen LogP contribution >= 0.6 is 7.60 Å². The van der Waals surface area contributed by atoms with E-state index >= 15 is 0 Å². The summed E-state index contributed by atoms with van der Waals surface area (Å²) in [6, 6.07) is 17.2. The number of rotatable bonds is 8. The van der Waals surface area contributed by atoms with Gasteiger partial charge in [0.1, 0.15) is 11.6 Å². The van der Waals surface area contributed by atoms with Crippen molar-refractivity contribution in [3.8, 4) is 16.9 Å². The molecule has 2 heterocycles. The molecule has 0 atom stereocenters. The van der Waals surface area contributed by atoms with Gasteiger partial charge in [-0.25, -0.2) is 4.39 Å². The Morgan fingerprint density at radius 1 is 1.02 bits per heavy atom. The number of likely N-dealkylation sites (tertiary alicyclic amines) is 1. The van der Waals surface area contributed by atoms with Gasteiger partial charge in [0.25, 0.3) is 0 Å². The molecule has 2 N–H and O–H groups in total. The van der Waals surface area contributed by atoms with E-state index < -0.39 is 7.60 Å². The number of benzene rings is 3. The summed E-state index contributed by atoms with van der Waals surface area (Å²) in [6.07, 6.45) is 4.64. The average molecular weight is 579 g/mol. The maximum atomic E-state index is 13.6. The summed E-state index contributed by atoms with van der Waals surface area (Å²) in [5.41, 5.74) is 5.20. The highest BCUT2D eigenvalue weighted by molar-refractivity contribution is 7.60. The number of piperidine rings is 1. The molecule has 0 aromatic heterocycles. The fourth-order valence-electron chi connectivity index (χ4n) is 6.39. The first-order valence-electron chi connectivity index (χ1n) is 14.4. The van der Waals surface area contributed by atoms with Crippen LogP contribution in [0.3, 0.4) is 0 Å². The van der Waals surface area contributed by atoms with Gasteiger partial charge < -0.3 is 19.4 Å². The monoisotopic (exact) mass is 578 g/mol. The molecule has 9 heteroatoms. The third-order valence-electron chi connectivity index (χ3n) is 8.83. The minimum atomic E-state index is -4.32. The Kier molecular flexibility index (Phi) is 7.53. The van der Waals surface area contributed by atoms with Gasteiger partial charge in [0.05, 0.1) is 11.9 Å². The second kappa shape index (κ2) is 11.0. The lowest BCUT2D eigenvalue weighted by atomic mass is 9.77. The largest absolute Gasteiger partial charge is 0.494 e. The summed E-state index contributed by atoms with van der Waals surface area (Å²) in [5.74, 6) is 1.22. The summed E-state index contributed by atoms with van der Waals surface area (Å²) in [6.45, 7) is 5.70. The lowest BCUT2D eigenvalue weighted by Crippen LogP contribution is -2.41. The molecule has 1 spiro atoms. The molecular weight excluding hydrogens is 542 g/mol. The van der Waals surface area contributed by atoms with E-state index in [9.17, 15) is 23.5 Å². The minimum Gasteiger partial charge on any atom is -0.494 e. The van der Waals surface area contributed by atoms with E-state index in [4.69, 9.17) is 4.74 Å². The molecule has 216 valence electrons. The standard InChI is InChI=1S/C32H36FN2O5P/c1-2-40-30-18-29(23-5-7-25(33)8-6-23)28(22-3-4-22)17-24(30)20-34-15-13-32(14-16-34)19-31(36)35(21-32)26-9-11-27(12-10-26)41(37,38)39/h5-12,17-18,22H,2-4,13-16,19-21H2,1H3,(H2,37,38,39). The van der Waals surface area contributed by atoms with Gasteiger partial charge in [0.2, 0.25) is 5.91 Å². The normalized spacial score (nSPS) is 19.2. The molecular formula is C32H36FN2O5P. The SMILES string of the molecule is CCOc1cc(-c2ccc(F)cc2)c(C2CC2)cc1CN1CCC2(CC1)CC(=O)N(c1ccc(P(=O)(O)O)cc1)C2. The van der Waals surface area contributed by atoms with Crippen LogP contribution in [0.1, 0.15) is 56.1 Å². The molecule has 2 aliphatic heterocycles. The number of carbonyl (C=O) groups excluding carboxylic acids is 1. The Balaban J connectivity index is 1.16. The quantitative estimate of drug-likeness (QED) is 0.339. The summed E-state index contributed by atoms with van der Waals surface area (Å²) in [7, 11) is -4.32. The van der Waals surface area contributed by atoms with Gasteiger partial charge in [0, 0.05) is 30.8 Å². The number of anilines is 1. The van der Waals surface area contributed by atoms with E-state index in [1.165, 1.54) is 48.2 Å². The zero-order chi connectivity index (χ0) is 28.8. The molecule has 3 aromatic rings. The predicted molar refractivity (Wildman–Crippen MR) is 157 cm³/mol. The molecule has 7 nitrogen and oxygen atoms in total. The van der Waals surface area contributed by atoms with Crippen molar-refractivity contribution in [2.45, 2.75) is 51.5 Å². The van der Waals surface area contributed by atoms with E-state index in [1.54, 1.807) is 17.0 Å². The number of nitrogens with zero attached hydrogens (tertiary/aromatic N) is 2. The van der Waals surface area contributed by atoms with Crippen molar-refractivity contribution in [1.82, 2.24) is 4.90 Å². The fraction of sp³-hybridized carbons (Fsp3) is 0.406. The molecule has 1 saturated carbocycles. The Morgan fingerprint density at radius 2 is 1.71 bits per heavy atom. The highest BCUT2D eigenvalue weighted by Crippen LogP contribution is 2.47. The third-order valence-corrected chi connectivity index (χ3v) is 9.80. The van der Waals surface area contributed by atoms with Crippen LogP contribution in [0, 0.1) is 11.2 Å². The van der Waals surface area contributed by atoms with Crippen LogP contribution in [-0.4, -0.2) is 46.8 Å². The lowest BCUT2D eigenvalue weighted by molar-refractivity contribution is -0.118. The topological polar surface area (TPSA) is 90.3 Å². The van der Waals surface area contributed by atoms with Crippen molar-refractivity contribution in [3.63, 3.8) is 0 Å². The van der Waals surface area contributed by atoms with E-state index in [0.717, 1.165) is 49.4 Å².